The highest BCUT2D eigenvalue weighted by Gasteiger charge is 2.37. The molecule has 2 fully saturated rings. The van der Waals surface area contributed by atoms with Gasteiger partial charge in [-0.15, -0.1) is 0 Å². The van der Waals surface area contributed by atoms with Crippen LogP contribution in [0.2, 0.25) is 0 Å². The minimum Gasteiger partial charge on any atom is -0.341 e. The van der Waals surface area contributed by atoms with Crippen LogP contribution in [0.5, 0.6) is 0 Å². The zero-order chi connectivity index (χ0) is 10.8. The molecule has 3 nitrogen and oxygen atoms in total. The van der Waals surface area contributed by atoms with E-state index in [0.717, 1.165) is 38.4 Å². The van der Waals surface area contributed by atoms with Crippen molar-refractivity contribution >= 4 is 5.91 Å². The fraction of sp³-hybridized carbons (Fsp3) is 0.917. The summed E-state index contributed by atoms with van der Waals surface area (Å²) >= 11 is 0. The van der Waals surface area contributed by atoms with Crippen LogP contribution >= 0.6 is 0 Å². The Morgan fingerprint density at radius 3 is 2.93 bits per heavy atom. The van der Waals surface area contributed by atoms with E-state index in [2.05, 4.69) is 24.1 Å². The fourth-order valence-electron chi connectivity index (χ4n) is 2.62. The van der Waals surface area contributed by atoms with Gasteiger partial charge < -0.3 is 10.2 Å². The Morgan fingerprint density at radius 1 is 1.47 bits per heavy atom. The number of amides is 1. The molecule has 2 rings (SSSR count). The lowest BCUT2D eigenvalue weighted by atomic mass is 10.1. The van der Waals surface area contributed by atoms with Crippen molar-refractivity contribution in [2.45, 2.75) is 39.2 Å². The van der Waals surface area contributed by atoms with Crippen molar-refractivity contribution in [3.05, 3.63) is 0 Å². The molecule has 0 unspecified atom stereocenters. The molecule has 0 spiro atoms. The predicted molar refractivity (Wildman–Crippen MR) is 60.5 cm³/mol. The lowest BCUT2D eigenvalue weighted by Crippen LogP contribution is -2.33. The van der Waals surface area contributed by atoms with Gasteiger partial charge >= 0.3 is 0 Å². The summed E-state index contributed by atoms with van der Waals surface area (Å²) in [6, 6.07) is 0.591. The molecule has 2 atom stereocenters. The first-order valence-electron chi connectivity index (χ1n) is 6.18. The van der Waals surface area contributed by atoms with Gasteiger partial charge in [-0.1, -0.05) is 13.8 Å². The topological polar surface area (TPSA) is 32.3 Å². The van der Waals surface area contributed by atoms with E-state index in [1.165, 1.54) is 6.42 Å². The Morgan fingerprint density at radius 2 is 2.27 bits per heavy atom. The number of fused-ring (bicyclic) bond motifs is 1. The van der Waals surface area contributed by atoms with Crippen LogP contribution in [0.4, 0.5) is 0 Å². The molecule has 0 bridgehead atoms. The maximum atomic E-state index is 11.9. The molecule has 2 saturated heterocycles. The molecule has 2 heterocycles. The quantitative estimate of drug-likeness (QED) is 0.760. The lowest BCUT2D eigenvalue weighted by molar-refractivity contribution is -0.130. The third-order valence-electron chi connectivity index (χ3n) is 3.65. The SMILES string of the molecule is CC(C)CCC(=O)N1C[C@@H]2CCN[C@@H]2C1. The summed E-state index contributed by atoms with van der Waals surface area (Å²) in [5.41, 5.74) is 0. The lowest BCUT2D eigenvalue weighted by Gasteiger charge is -2.17. The Labute approximate surface area is 92.2 Å². The van der Waals surface area contributed by atoms with Crippen molar-refractivity contribution in [1.82, 2.24) is 10.2 Å². The molecule has 0 aromatic heterocycles. The van der Waals surface area contributed by atoms with Crippen molar-refractivity contribution in [1.29, 1.82) is 0 Å². The number of hydrogen-bond donors (Lipinski definition) is 1. The third kappa shape index (κ3) is 2.51. The Hall–Kier alpha value is -0.570. The van der Waals surface area contributed by atoms with Crippen LogP contribution in [0.3, 0.4) is 0 Å². The zero-order valence-electron chi connectivity index (χ0n) is 9.83. The largest absolute Gasteiger partial charge is 0.341 e. The van der Waals surface area contributed by atoms with E-state index in [-0.39, 0.29) is 0 Å². The maximum Gasteiger partial charge on any atom is 0.222 e. The molecule has 0 saturated carbocycles. The Kier molecular flexibility index (Phi) is 3.29. The summed E-state index contributed by atoms with van der Waals surface area (Å²) < 4.78 is 0. The van der Waals surface area contributed by atoms with Gasteiger partial charge in [0.05, 0.1) is 0 Å². The standard InChI is InChI=1S/C12H22N2O/c1-9(2)3-4-12(15)14-7-10-5-6-13-11(10)8-14/h9-11,13H,3-8H2,1-2H3/t10-,11+/m0/s1. The van der Waals surface area contributed by atoms with E-state index < -0.39 is 0 Å². The van der Waals surface area contributed by atoms with E-state index in [9.17, 15) is 4.79 Å². The molecule has 0 aromatic carbocycles. The highest BCUT2D eigenvalue weighted by Crippen LogP contribution is 2.25. The van der Waals surface area contributed by atoms with Gasteiger partial charge in [0.15, 0.2) is 0 Å². The minimum absolute atomic E-state index is 0.361. The van der Waals surface area contributed by atoms with E-state index >= 15 is 0 Å². The third-order valence-corrected chi connectivity index (χ3v) is 3.65. The van der Waals surface area contributed by atoms with Gasteiger partial charge in [0.25, 0.3) is 0 Å². The number of carbonyl (C=O) groups excluding carboxylic acids is 1. The van der Waals surface area contributed by atoms with Crippen molar-refractivity contribution in [2.24, 2.45) is 11.8 Å². The number of hydrogen-bond acceptors (Lipinski definition) is 2. The van der Waals surface area contributed by atoms with E-state index in [1.54, 1.807) is 0 Å². The van der Waals surface area contributed by atoms with Gasteiger partial charge in [-0.2, -0.15) is 0 Å². The van der Waals surface area contributed by atoms with Gasteiger partial charge in [0.1, 0.15) is 0 Å². The summed E-state index contributed by atoms with van der Waals surface area (Å²) in [6.07, 6.45) is 3.01. The predicted octanol–water partition coefficient (Wildman–Crippen LogP) is 1.24. The average Bonchev–Trinajstić information content (AvgIpc) is 2.72. The molecular formula is C12H22N2O. The van der Waals surface area contributed by atoms with E-state index in [1.807, 2.05) is 0 Å². The maximum absolute atomic E-state index is 11.9. The molecule has 0 radical (unpaired) electrons. The zero-order valence-corrected chi connectivity index (χ0v) is 9.83. The molecular weight excluding hydrogens is 188 g/mol. The van der Waals surface area contributed by atoms with Gasteiger partial charge in [-0.05, 0) is 31.2 Å². The van der Waals surface area contributed by atoms with Gasteiger partial charge in [0, 0.05) is 25.6 Å². The monoisotopic (exact) mass is 210 g/mol. The first-order valence-corrected chi connectivity index (χ1v) is 6.18. The second-order valence-electron chi connectivity index (χ2n) is 5.34. The Bertz CT molecular complexity index is 228. The van der Waals surface area contributed by atoms with Crippen molar-refractivity contribution < 1.29 is 4.79 Å². The second-order valence-corrected chi connectivity index (χ2v) is 5.34. The highest BCUT2D eigenvalue weighted by molar-refractivity contribution is 5.76. The molecule has 2 aliphatic rings. The summed E-state index contributed by atoms with van der Waals surface area (Å²) in [5.74, 6) is 1.72. The van der Waals surface area contributed by atoms with Crippen molar-refractivity contribution in [3.8, 4) is 0 Å². The van der Waals surface area contributed by atoms with E-state index in [0.29, 0.717) is 17.9 Å². The average molecular weight is 210 g/mol. The van der Waals surface area contributed by atoms with Crippen LogP contribution < -0.4 is 5.32 Å². The number of rotatable bonds is 3. The van der Waals surface area contributed by atoms with Crippen LogP contribution in [0, 0.1) is 11.8 Å². The summed E-state index contributed by atoms with van der Waals surface area (Å²) in [7, 11) is 0. The fourth-order valence-corrected chi connectivity index (χ4v) is 2.62. The first-order chi connectivity index (χ1) is 7.16. The number of nitrogens with one attached hydrogen (secondary N) is 1. The molecule has 3 heteroatoms. The highest BCUT2D eigenvalue weighted by atomic mass is 16.2. The molecule has 86 valence electrons. The van der Waals surface area contributed by atoms with Crippen molar-refractivity contribution in [2.75, 3.05) is 19.6 Å². The summed E-state index contributed by atoms with van der Waals surface area (Å²) in [4.78, 5) is 13.9. The molecule has 1 N–H and O–H groups in total. The van der Waals surface area contributed by atoms with Crippen LogP contribution in [0.15, 0.2) is 0 Å². The smallest absolute Gasteiger partial charge is 0.222 e. The summed E-state index contributed by atoms with van der Waals surface area (Å²) in [6.45, 7) is 7.43. The van der Waals surface area contributed by atoms with Crippen LogP contribution in [-0.2, 0) is 4.79 Å². The first kappa shape index (κ1) is 10.9. The summed E-state index contributed by atoms with van der Waals surface area (Å²) in [5, 5.41) is 3.47. The van der Waals surface area contributed by atoms with Crippen molar-refractivity contribution in [3.63, 3.8) is 0 Å². The molecule has 2 aliphatic heterocycles. The normalized spacial score (nSPS) is 29.9. The van der Waals surface area contributed by atoms with Crippen LogP contribution in [-0.4, -0.2) is 36.5 Å². The van der Waals surface area contributed by atoms with E-state index in [4.69, 9.17) is 0 Å². The van der Waals surface area contributed by atoms with Crippen LogP contribution in [0.1, 0.15) is 33.1 Å². The van der Waals surface area contributed by atoms with Crippen LogP contribution in [0.25, 0.3) is 0 Å². The number of likely N-dealkylation sites (tertiary alicyclic amines) is 1. The number of nitrogens with zero attached hydrogens (tertiary/aromatic N) is 1. The molecule has 1 amide bonds. The Balaban J connectivity index is 1.78. The second kappa shape index (κ2) is 4.52. The molecule has 15 heavy (non-hydrogen) atoms. The molecule has 0 aromatic rings. The minimum atomic E-state index is 0.361. The van der Waals surface area contributed by atoms with Gasteiger partial charge in [-0.25, -0.2) is 0 Å². The molecule has 0 aliphatic carbocycles. The van der Waals surface area contributed by atoms with Gasteiger partial charge in [0.2, 0.25) is 5.91 Å². The van der Waals surface area contributed by atoms with Gasteiger partial charge in [-0.3, -0.25) is 4.79 Å². The number of carbonyl (C=O) groups is 1.